The molecule has 1 aromatic heterocycles. The Kier molecular flexibility index (Phi) is 6.15. The number of anilines is 1. The highest BCUT2D eigenvalue weighted by molar-refractivity contribution is 7.89. The number of hydrogen-bond donors (Lipinski definition) is 1. The zero-order valence-electron chi connectivity index (χ0n) is 17.2. The number of hydrogen-bond acceptors (Lipinski definition) is 5. The van der Waals surface area contributed by atoms with Crippen molar-refractivity contribution in [2.45, 2.75) is 49.8 Å². The van der Waals surface area contributed by atoms with Crippen LogP contribution in [0.15, 0.2) is 46.0 Å². The first-order valence-corrected chi connectivity index (χ1v) is 12.6. The molecule has 1 aromatic carbocycles. The van der Waals surface area contributed by atoms with E-state index in [4.69, 9.17) is 4.74 Å². The van der Waals surface area contributed by atoms with Gasteiger partial charge in [-0.25, -0.2) is 13.2 Å². The SMILES string of the molecule is C[C@@H]1CN(S(=O)(=O)c2ccc(NC(=O)N3CCC[C@@H]3c3ccsc3)cc2)C[C@@H](C)O1. The first-order valence-electron chi connectivity index (χ1n) is 10.2. The lowest BCUT2D eigenvalue weighted by molar-refractivity contribution is -0.0440. The first-order chi connectivity index (χ1) is 14.3. The summed E-state index contributed by atoms with van der Waals surface area (Å²) in [5, 5.41) is 7.02. The van der Waals surface area contributed by atoms with Gasteiger partial charge in [-0.05, 0) is 73.3 Å². The van der Waals surface area contributed by atoms with Gasteiger partial charge < -0.3 is 15.0 Å². The van der Waals surface area contributed by atoms with Crippen LogP contribution in [0.25, 0.3) is 0 Å². The topological polar surface area (TPSA) is 79.0 Å². The molecule has 2 fully saturated rings. The highest BCUT2D eigenvalue weighted by atomic mass is 32.2. The van der Waals surface area contributed by atoms with E-state index in [1.54, 1.807) is 35.6 Å². The van der Waals surface area contributed by atoms with Crippen LogP contribution < -0.4 is 5.32 Å². The van der Waals surface area contributed by atoms with Crippen LogP contribution in [0.1, 0.15) is 38.3 Å². The number of likely N-dealkylation sites (tertiary alicyclic amines) is 1. The van der Waals surface area contributed by atoms with Gasteiger partial charge in [-0.3, -0.25) is 0 Å². The van der Waals surface area contributed by atoms with Gasteiger partial charge in [0.15, 0.2) is 0 Å². The molecule has 2 aliphatic heterocycles. The molecule has 0 aliphatic carbocycles. The largest absolute Gasteiger partial charge is 0.373 e. The van der Waals surface area contributed by atoms with Crippen LogP contribution >= 0.6 is 11.3 Å². The van der Waals surface area contributed by atoms with Gasteiger partial charge in [-0.2, -0.15) is 15.6 Å². The summed E-state index contributed by atoms with van der Waals surface area (Å²) in [7, 11) is -3.60. The summed E-state index contributed by atoms with van der Waals surface area (Å²) >= 11 is 1.63. The van der Waals surface area contributed by atoms with E-state index in [1.807, 2.05) is 24.1 Å². The van der Waals surface area contributed by atoms with Crippen LogP contribution in [0.5, 0.6) is 0 Å². The van der Waals surface area contributed by atoms with Gasteiger partial charge in [0.1, 0.15) is 0 Å². The Morgan fingerprint density at radius 2 is 1.83 bits per heavy atom. The summed E-state index contributed by atoms with van der Waals surface area (Å²) in [4.78, 5) is 14.9. The van der Waals surface area contributed by atoms with Crippen molar-refractivity contribution in [1.29, 1.82) is 0 Å². The number of nitrogens with zero attached hydrogens (tertiary/aromatic N) is 2. The normalized spacial score (nSPS) is 25.4. The lowest BCUT2D eigenvalue weighted by Crippen LogP contribution is -2.48. The van der Waals surface area contributed by atoms with E-state index in [9.17, 15) is 13.2 Å². The minimum Gasteiger partial charge on any atom is -0.373 e. The predicted molar refractivity (Wildman–Crippen MR) is 117 cm³/mol. The maximum absolute atomic E-state index is 13.0. The highest BCUT2D eigenvalue weighted by Crippen LogP contribution is 2.33. The van der Waals surface area contributed by atoms with Gasteiger partial charge in [-0.15, -0.1) is 0 Å². The molecule has 30 heavy (non-hydrogen) atoms. The number of carbonyl (C=O) groups is 1. The summed E-state index contributed by atoms with van der Waals surface area (Å²) in [5.74, 6) is 0. The molecule has 0 bridgehead atoms. The summed E-state index contributed by atoms with van der Waals surface area (Å²) in [5.41, 5.74) is 1.75. The Morgan fingerprint density at radius 3 is 2.47 bits per heavy atom. The first kappa shape index (κ1) is 21.3. The molecule has 9 heteroatoms. The fourth-order valence-electron chi connectivity index (χ4n) is 4.20. The second-order valence-electron chi connectivity index (χ2n) is 7.94. The lowest BCUT2D eigenvalue weighted by Gasteiger charge is -2.34. The third-order valence-corrected chi connectivity index (χ3v) is 8.12. The molecule has 4 rings (SSSR count). The predicted octanol–water partition coefficient (Wildman–Crippen LogP) is 3.92. The molecule has 3 atom stereocenters. The zero-order valence-corrected chi connectivity index (χ0v) is 18.8. The van der Waals surface area contributed by atoms with Crippen molar-refractivity contribution in [1.82, 2.24) is 9.21 Å². The van der Waals surface area contributed by atoms with Crippen molar-refractivity contribution in [2.24, 2.45) is 0 Å². The maximum Gasteiger partial charge on any atom is 0.322 e. The van der Waals surface area contributed by atoms with Crippen molar-refractivity contribution < 1.29 is 17.9 Å². The fourth-order valence-corrected chi connectivity index (χ4v) is 6.50. The van der Waals surface area contributed by atoms with Crippen LogP contribution in [0.2, 0.25) is 0 Å². The van der Waals surface area contributed by atoms with Crippen molar-refractivity contribution >= 4 is 33.1 Å². The molecule has 1 N–H and O–H groups in total. The summed E-state index contributed by atoms with van der Waals surface area (Å²) < 4.78 is 33.0. The molecule has 7 nitrogen and oxygen atoms in total. The number of nitrogens with one attached hydrogen (secondary N) is 1. The average Bonchev–Trinajstić information content (AvgIpc) is 3.39. The van der Waals surface area contributed by atoms with Gasteiger partial charge in [0.2, 0.25) is 10.0 Å². The zero-order chi connectivity index (χ0) is 21.3. The van der Waals surface area contributed by atoms with Crippen molar-refractivity contribution in [3.05, 3.63) is 46.7 Å². The third-order valence-electron chi connectivity index (χ3n) is 5.57. The van der Waals surface area contributed by atoms with Gasteiger partial charge in [-0.1, -0.05) is 0 Å². The average molecular weight is 450 g/mol. The second-order valence-corrected chi connectivity index (χ2v) is 10.7. The van der Waals surface area contributed by atoms with Crippen LogP contribution in [0.4, 0.5) is 10.5 Å². The van der Waals surface area contributed by atoms with Gasteiger partial charge in [0, 0.05) is 25.3 Å². The molecular weight excluding hydrogens is 422 g/mol. The van der Waals surface area contributed by atoms with Crippen molar-refractivity contribution in [3.8, 4) is 0 Å². The molecular formula is C21H27N3O4S2. The Bertz CT molecular complexity index is 966. The van der Waals surface area contributed by atoms with Crippen molar-refractivity contribution in [2.75, 3.05) is 25.0 Å². The number of morpholine rings is 1. The smallest absolute Gasteiger partial charge is 0.322 e. The van der Waals surface area contributed by atoms with Crippen LogP contribution in [-0.2, 0) is 14.8 Å². The minimum absolute atomic E-state index is 0.0983. The molecule has 2 aromatic rings. The standard InChI is InChI=1S/C21H27N3O4S2/c1-15-12-23(13-16(2)28-15)30(26,27)19-7-5-18(6-8-19)22-21(25)24-10-3-4-20(24)17-9-11-29-14-17/h5-9,11,14-16,20H,3-4,10,12-13H2,1-2H3,(H,22,25)/t15-,16-,20-/m1/s1. The van der Waals surface area contributed by atoms with Gasteiger partial charge >= 0.3 is 6.03 Å². The molecule has 0 saturated carbocycles. The Balaban J connectivity index is 1.44. The monoisotopic (exact) mass is 449 g/mol. The third kappa shape index (κ3) is 4.39. The molecule has 0 radical (unpaired) electrons. The minimum atomic E-state index is -3.60. The lowest BCUT2D eigenvalue weighted by atomic mass is 10.1. The Morgan fingerprint density at radius 1 is 1.13 bits per heavy atom. The Labute approximate surface area is 181 Å². The molecule has 0 unspecified atom stereocenters. The van der Waals surface area contributed by atoms with Crippen molar-refractivity contribution in [3.63, 3.8) is 0 Å². The van der Waals surface area contributed by atoms with E-state index >= 15 is 0 Å². The van der Waals surface area contributed by atoms with E-state index in [2.05, 4.69) is 16.8 Å². The van der Waals surface area contributed by atoms with E-state index < -0.39 is 10.0 Å². The molecule has 2 aliphatic rings. The summed E-state index contributed by atoms with van der Waals surface area (Å²) in [6.45, 7) is 5.14. The van der Waals surface area contributed by atoms with E-state index in [1.165, 1.54) is 9.87 Å². The van der Waals surface area contributed by atoms with E-state index in [-0.39, 0.29) is 29.2 Å². The quantitative estimate of drug-likeness (QED) is 0.767. The van der Waals surface area contributed by atoms with Crippen LogP contribution in [-0.4, -0.2) is 55.5 Å². The molecule has 2 saturated heterocycles. The number of thiophene rings is 1. The number of rotatable bonds is 4. The number of urea groups is 1. The maximum atomic E-state index is 13.0. The highest BCUT2D eigenvalue weighted by Gasteiger charge is 2.33. The number of ether oxygens (including phenoxy) is 1. The number of sulfonamides is 1. The Hall–Kier alpha value is -1.94. The number of benzene rings is 1. The molecule has 2 amide bonds. The van der Waals surface area contributed by atoms with Gasteiger partial charge in [0.05, 0.1) is 23.1 Å². The number of amides is 2. The summed E-state index contributed by atoms with van der Waals surface area (Å²) in [6.07, 6.45) is 1.65. The van der Waals surface area contributed by atoms with Crippen LogP contribution in [0, 0.1) is 0 Å². The van der Waals surface area contributed by atoms with E-state index in [0.29, 0.717) is 25.3 Å². The second kappa shape index (κ2) is 8.66. The van der Waals surface area contributed by atoms with Crippen LogP contribution in [0.3, 0.4) is 0 Å². The fraction of sp³-hybridized carbons (Fsp3) is 0.476. The van der Waals surface area contributed by atoms with E-state index in [0.717, 1.165) is 12.8 Å². The number of carbonyl (C=O) groups excluding carboxylic acids is 1. The molecule has 3 heterocycles. The molecule has 0 spiro atoms. The molecule has 162 valence electrons. The van der Waals surface area contributed by atoms with Gasteiger partial charge in [0.25, 0.3) is 0 Å². The summed E-state index contributed by atoms with van der Waals surface area (Å²) in [6, 6.07) is 8.40.